The number of carbonyl (C=O) groups is 2. The van der Waals surface area contributed by atoms with Crippen LogP contribution in [0.4, 0.5) is 11.4 Å². The van der Waals surface area contributed by atoms with E-state index in [0.29, 0.717) is 5.75 Å². The van der Waals surface area contributed by atoms with Crippen molar-refractivity contribution < 1.29 is 38.2 Å². The number of anilines is 1. The average Bonchev–Trinajstić information content (AvgIpc) is 2.77. The summed E-state index contributed by atoms with van der Waals surface area (Å²) in [6.45, 7) is 1.37. The average molecular weight is 434 g/mol. The van der Waals surface area contributed by atoms with Crippen LogP contribution in [0.5, 0.6) is 23.0 Å². The maximum atomic E-state index is 12.6. The Morgan fingerprint density at radius 1 is 0.935 bits per heavy atom. The third kappa shape index (κ3) is 5.13. The molecule has 11 nitrogen and oxygen atoms in total. The Bertz CT molecular complexity index is 991. The van der Waals surface area contributed by atoms with Gasteiger partial charge in [0.15, 0.2) is 17.6 Å². The molecule has 1 amide bonds. The van der Waals surface area contributed by atoms with Crippen molar-refractivity contribution >= 4 is 23.3 Å². The molecule has 0 saturated heterocycles. The SMILES string of the molecule is COc1cc([N+](=O)[O-])ccc1NC(=O)[C@H](C)OC(=O)c1ccc(OC)c(OC)c1OC. The summed E-state index contributed by atoms with van der Waals surface area (Å²) in [4.78, 5) is 35.4. The minimum absolute atomic E-state index is 0.0349. The molecule has 2 aromatic rings. The lowest BCUT2D eigenvalue weighted by Crippen LogP contribution is -2.30. The highest BCUT2D eigenvalue weighted by Gasteiger charge is 2.26. The Labute approximate surface area is 178 Å². The highest BCUT2D eigenvalue weighted by atomic mass is 16.6. The van der Waals surface area contributed by atoms with E-state index in [2.05, 4.69) is 5.32 Å². The van der Waals surface area contributed by atoms with Crippen LogP contribution < -0.4 is 24.3 Å². The molecule has 31 heavy (non-hydrogen) atoms. The zero-order valence-corrected chi connectivity index (χ0v) is 17.6. The van der Waals surface area contributed by atoms with Crippen LogP contribution in [0.15, 0.2) is 30.3 Å². The summed E-state index contributed by atoms with van der Waals surface area (Å²) < 4.78 is 26.0. The highest BCUT2D eigenvalue weighted by molar-refractivity contribution is 5.99. The molecule has 0 aromatic heterocycles. The minimum Gasteiger partial charge on any atom is -0.494 e. The van der Waals surface area contributed by atoms with Crippen molar-refractivity contribution in [1.29, 1.82) is 0 Å². The van der Waals surface area contributed by atoms with E-state index in [1.165, 1.54) is 65.7 Å². The number of amides is 1. The maximum absolute atomic E-state index is 12.6. The van der Waals surface area contributed by atoms with E-state index in [-0.39, 0.29) is 34.2 Å². The van der Waals surface area contributed by atoms with E-state index < -0.39 is 22.9 Å². The number of nitro benzene ring substituents is 1. The molecule has 0 aliphatic carbocycles. The van der Waals surface area contributed by atoms with Crippen molar-refractivity contribution in [2.45, 2.75) is 13.0 Å². The van der Waals surface area contributed by atoms with Gasteiger partial charge in [0.25, 0.3) is 11.6 Å². The Morgan fingerprint density at radius 2 is 1.58 bits per heavy atom. The third-order valence-electron chi connectivity index (χ3n) is 4.23. The van der Waals surface area contributed by atoms with Crippen molar-refractivity contribution in [3.05, 3.63) is 46.0 Å². The van der Waals surface area contributed by atoms with Crippen LogP contribution in [0, 0.1) is 10.1 Å². The number of methoxy groups -OCH3 is 4. The summed E-state index contributed by atoms with van der Waals surface area (Å²) >= 11 is 0. The van der Waals surface area contributed by atoms with Crippen molar-refractivity contribution in [2.75, 3.05) is 33.8 Å². The fourth-order valence-corrected chi connectivity index (χ4v) is 2.67. The molecular formula is C20H22N2O9. The van der Waals surface area contributed by atoms with E-state index in [9.17, 15) is 19.7 Å². The van der Waals surface area contributed by atoms with Crippen LogP contribution in [0.25, 0.3) is 0 Å². The molecule has 166 valence electrons. The van der Waals surface area contributed by atoms with Gasteiger partial charge in [-0.3, -0.25) is 14.9 Å². The molecule has 0 spiro atoms. The second-order valence-corrected chi connectivity index (χ2v) is 6.06. The van der Waals surface area contributed by atoms with Crippen molar-refractivity contribution in [2.24, 2.45) is 0 Å². The van der Waals surface area contributed by atoms with Crippen molar-refractivity contribution in [3.63, 3.8) is 0 Å². The molecule has 0 aliphatic heterocycles. The van der Waals surface area contributed by atoms with E-state index in [1.54, 1.807) is 0 Å². The number of nitrogens with zero attached hydrogens (tertiary/aromatic N) is 1. The van der Waals surface area contributed by atoms with Gasteiger partial charge in [0.1, 0.15) is 11.3 Å². The number of esters is 1. The summed E-state index contributed by atoms with van der Waals surface area (Å²) in [5.41, 5.74) is 0.0206. The summed E-state index contributed by atoms with van der Waals surface area (Å²) in [7, 11) is 5.49. The molecule has 1 atom stereocenters. The van der Waals surface area contributed by atoms with E-state index in [4.69, 9.17) is 23.7 Å². The largest absolute Gasteiger partial charge is 0.494 e. The predicted octanol–water partition coefficient (Wildman–Crippen LogP) is 2.81. The molecule has 0 bridgehead atoms. The molecular weight excluding hydrogens is 412 g/mol. The van der Waals surface area contributed by atoms with E-state index in [0.717, 1.165) is 0 Å². The van der Waals surface area contributed by atoms with Gasteiger partial charge in [-0.15, -0.1) is 0 Å². The molecule has 11 heteroatoms. The van der Waals surface area contributed by atoms with Gasteiger partial charge in [0.05, 0.1) is 45.1 Å². The molecule has 0 aliphatic rings. The summed E-state index contributed by atoms with van der Waals surface area (Å²) in [6, 6.07) is 6.63. The van der Waals surface area contributed by atoms with Gasteiger partial charge in [0.2, 0.25) is 5.75 Å². The van der Waals surface area contributed by atoms with Gasteiger partial charge in [0, 0.05) is 6.07 Å². The van der Waals surface area contributed by atoms with Gasteiger partial charge in [-0.05, 0) is 25.1 Å². The summed E-state index contributed by atoms with van der Waals surface area (Å²) in [5.74, 6) is -0.755. The number of benzene rings is 2. The lowest BCUT2D eigenvalue weighted by molar-refractivity contribution is -0.384. The first-order chi connectivity index (χ1) is 14.8. The normalized spacial score (nSPS) is 11.1. The predicted molar refractivity (Wildman–Crippen MR) is 109 cm³/mol. The van der Waals surface area contributed by atoms with Crippen LogP contribution in [0.3, 0.4) is 0 Å². The van der Waals surface area contributed by atoms with Crippen LogP contribution in [0.2, 0.25) is 0 Å². The Kier molecular flexibility index (Phi) is 7.61. The first-order valence-electron chi connectivity index (χ1n) is 8.90. The molecule has 0 unspecified atom stereocenters. The van der Waals surface area contributed by atoms with Crippen LogP contribution >= 0.6 is 0 Å². The van der Waals surface area contributed by atoms with E-state index in [1.807, 2.05) is 0 Å². The van der Waals surface area contributed by atoms with E-state index >= 15 is 0 Å². The third-order valence-corrected chi connectivity index (χ3v) is 4.23. The number of hydrogen-bond acceptors (Lipinski definition) is 9. The number of hydrogen-bond donors (Lipinski definition) is 1. The van der Waals surface area contributed by atoms with Gasteiger partial charge in [-0.1, -0.05) is 0 Å². The standard InChI is InChI=1S/C20H22N2O9/c1-11(19(23)21-14-8-6-12(22(25)26)10-16(14)28-3)31-20(24)13-7-9-15(27-2)18(30-5)17(13)29-4/h6-11H,1-5H3,(H,21,23)/t11-/m0/s1. The molecule has 2 aromatic carbocycles. The van der Waals surface area contributed by atoms with Crippen molar-refractivity contribution in [3.8, 4) is 23.0 Å². The molecule has 1 N–H and O–H groups in total. The number of nitro groups is 1. The Morgan fingerprint density at radius 3 is 2.13 bits per heavy atom. The molecule has 0 radical (unpaired) electrons. The van der Waals surface area contributed by atoms with Gasteiger partial charge in [-0.25, -0.2) is 4.79 Å². The number of ether oxygens (including phenoxy) is 5. The second kappa shape index (κ2) is 10.1. The minimum atomic E-state index is -1.20. The van der Waals surface area contributed by atoms with Gasteiger partial charge in [-0.2, -0.15) is 0 Å². The molecule has 0 heterocycles. The van der Waals surface area contributed by atoms with Gasteiger partial charge < -0.3 is 29.0 Å². The van der Waals surface area contributed by atoms with Crippen LogP contribution in [-0.4, -0.2) is 51.3 Å². The number of non-ortho nitro benzene ring substituents is 1. The lowest BCUT2D eigenvalue weighted by atomic mass is 10.1. The summed E-state index contributed by atoms with van der Waals surface area (Å²) in [6.07, 6.45) is -1.20. The van der Waals surface area contributed by atoms with Gasteiger partial charge >= 0.3 is 5.97 Å². The molecule has 0 fully saturated rings. The Hall–Kier alpha value is -4.02. The smallest absolute Gasteiger partial charge is 0.342 e. The lowest BCUT2D eigenvalue weighted by Gasteiger charge is -2.18. The van der Waals surface area contributed by atoms with Crippen LogP contribution in [0.1, 0.15) is 17.3 Å². The fraction of sp³-hybridized carbons (Fsp3) is 0.300. The number of carbonyl (C=O) groups excluding carboxylic acids is 2. The highest BCUT2D eigenvalue weighted by Crippen LogP contribution is 2.40. The maximum Gasteiger partial charge on any atom is 0.342 e. The first-order valence-corrected chi connectivity index (χ1v) is 8.90. The first kappa shape index (κ1) is 23.3. The zero-order valence-electron chi connectivity index (χ0n) is 17.6. The quantitative estimate of drug-likeness (QED) is 0.359. The topological polar surface area (TPSA) is 135 Å². The fourth-order valence-electron chi connectivity index (χ4n) is 2.67. The molecule has 0 saturated carbocycles. The summed E-state index contributed by atoms with van der Waals surface area (Å²) in [5, 5.41) is 13.4. The second-order valence-electron chi connectivity index (χ2n) is 6.06. The number of rotatable bonds is 9. The zero-order chi connectivity index (χ0) is 23.1. The monoisotopic (exact) mass is 434 g/mol. The number of nitrogens with one attached hydrogen (secondary N) is 1. The molecule has 2 rings (SSSR count). The van der Waals surface area contributed by atoms with Crippen LogP contribution in [-0.2, 0) is 9.53 Å². The Balaban J connectivity index is 2.18. The van der Waals surface area contributed by atoms with Crippen molar-refractivity contribution in [1.82, 2.24) is 0 Å².